The number of ether oxygens (including phenoxy) is 1. The van der Waals surface area contributed by atoms with Crippen LogP contribution >= 0.6 is 0 Å². The van der Waals surface area contributed by atoms with Crippen molar-refractivity contribution in [3.05, 3.63) is 0 Å². The average Bonchev–Trinajstić information content (AvgIpc) is 2.33. The maximum atomic E-state index is 6.37. The van der Waals surface area contributed by atoms with E-state index in [4.69, 9.17) is 10.5 Å². The third kappa shape index (κ3) is 4.52. The molecule has 108 valence electrons. The fourth-order valence-corrected chi connectivity index (χ4v) is 3.31. The second-order valence-corrected chi connectivity index (χ2v) is 6.02. The molecule has 0 bridgehead atoms. The van der Waals surface area contributed by atoms with Gasteiger partial charge in [0.05, 0.1) is 6.61 Å². The molecular formula is C15H32N2O. The summed E-state index contributed by atoms with van der Waals surface area (Å²) in [4.78, 5) is 2.55. The summed E-state index contributed by atoms with van der Waals surface area (Å²) in [5.74, 6) is 0.878. The van der Waals surface area contributed by atoms with Gasteiger partial charge in [-0.2, -0.15) is 0 Å². The van der Waals surface area contributed by atoms with Gasteiger partial charge in [-0.05, 0) is 39.0 Å². The van der Waals surface area contributed by atoms with E-state index in [9.17, 15) is 0 Å². The molecule has 0 radical (unpaired) electrons. The van der Waals surface area contributed by atoms with Crippen LogP contribution in [0.4, 0.5) is 0 Å². The summed E-state index contributed by atoms with van der Waals surface area (Å²) in [5.41, 5.74) is 6.37. The molecule has 18 heavy (non-hydrogen) atoms. The number of rotatable bonds is 7. The van der Waals surface area contributed by atoms with Crippen LogP contribution in [-0.4, -0.2) is 43.3 Å². The molecule has 3 heteroatoms. The molecule has 0 aliphatic heterocycles. The van der Waals surface area contributed by atoms with Gasteiger partial charge in [0.25, 0.3) is 0 Å². The quantitative estimate of drug-likeness (QED) is 0.761. The van der Waals surface area contributed by atoms with Crippen molar-refractivity contribution in [1.82, 2.24) is 4.90 Å². The van der Waals surface area contributed by atoms with Crippen LogP contribution in [0.25, 0.3) is 0 Å². The lowest BCUT2D eigenvalue weighted by Crippen LogP contribution is -2.54. The Bertz CT molecular complexity index is 221. The summed E-state index contributed by atoms with van der Waals surface area (Å²) in [6, 6.07) is 1.44. The second kappa shape index (κ2) is 8.13. The van der Waals surface area contributed by atoms with Gasteiger partial charge in [-0.1, -0.05) is 19.8 Å². The molecule has 0 amide bonds. The zero-order chi connectivity index (χ0) is 13.5. The molecule has 3 nitrogen and oxygen atoms in total. The van der Waals surface area contributed by atoms with Gasteiger partial charge in [0.1, 0.15) is 0 Å². The Balaban J connectivity index is 2.61. The second-order valence-electron chi connectivity index (χ2n) is 6.02. The first-order valence-corrected chi connectivity index (χ1v) is 7.60. The normalized spacial score (nSPS) is 29.2. The first-order valence-electron chi connectivity index (χ1n) is 7.60. The molecule has 3 atom stereocenters. The van der Waals surface area contributed by atoms with E-state index in [2.05, 4.69) is 25.7 Å². The topological polar surface area (TPSA) is 38.5 Å². The van der Waals surface area contributed by atoms with Crippen LogP contribution in [0.15, 0.2) is 0 Å². The van der Waals surface area contributed by atoms with E-state index < -0.39 is 0 Å². The van der Waals surface area contributed by atoms with Gasteiger partial charge < -0.3 is 10.5 Å². The van der Waals surface area contributed by atoms with Crippen LogP contribution in [-0.2, 0) is 4.74 Å². The van der Waals surface area contributed by atoms with Gasteiger partial charge in [0.15, 0.2) is 0 Å². The Morgan fingerprint density at radius 3 is 2.61 bits per heavy atom. The fraction of sp³-hybridized carbons (Fsp3) is 1.00. The molecule has 0 heterocycles. The van der Waals surface area contributed by atoms with Gasteiger partial charge >= 0.3 is 0 Å². The Morgan fingerprint density at radius 1 is 1.33 bits per heavy atom. The minimum atomic E-state index is 0.345. The standard InChI is InChI=1S/C15H32N2O/c1-5-6-13-7-8-14(16)15(11-13)17(12(2)3)9-10-18-4/h12-15H,5-11,16H2,1-4H3. The zero-order valence-corrected chi connectivity index (χ0v) is 12.7. The van der Waals surface area contributed by atoms with E-state index >= 15 is 0 Å². The smallest absolute Gasteiger partial charge is 0.0589 e. The summed E-state index contributed by atoms with van der Waals surface area (Å²) < 4.78 is 5.24. The number of nitrogens with zero attached hydrogens (tertiary/aromatic N) is 1. The van der Waals surface area contributed by atoms with Crippen molar-refractivity contribution in [2.75, 3.05) is 20.3 Å². The summed E-state index contributed by atoms with van der Waals surface area (Å²) in [5, 5.41) is 0. The van der Waals surface area contributed by atoms with Gasteiger partial charge in [-0.15, -0.1) is 0 Å². The predicted octanol–water partition coefficient (Wildman–Crippen LogP) is 2.64. The number of nitrogens with two attached hydrogens (primary N) is 1. The molecule has 1 aliphatic rings. The summed E-state index contributed by atoms with van der Waals surface area (Å²) in [6.45, 7) is 8.64. The van der Waals surface area contributed by atoms with Crippen LogP contribution in [0.3, 0.4) is 0 Å². The van der Waals surface area contributed by atoms with Gasteiger partial charge in [-0.3, -0.25) is 4.90 Å². The zero-order valence-electron chi connectivity index (χ0n) is 12.7. The van der Waals surface area contributed by atoms with Crippen molar-refractivity contribution in [2.24, 2.45) is 11.7 Å². The van der Waals surface area contributed by atoms with Crippen molar-refractivity contribution in [3.63, 3.8) is 0 Å². The highest BCUT2D eigenvalue weighted by molar-refractivity contribution is 4.90. The van der Waals surface area contributed by atoms with E-state index in [0.717, 1.165) is 19.1 Å². The molecule has 1 fully saturated rings. The Labute approximate surface area is 113 Å². The average molecular weight is 256 g/mol. The molecule has 0 aromatic rings. The Hall–Kier alpha value is -0.120. The first-order chi connectivity index (χ1) is 8.60. The lowest BCUT2D eigenvalue weighted by Gasteiger charge is -2.43. The van der Waals surface area contributed by atoms with Crippen molar-refractivity contribution >= 4 is 0 Å². The van der Waals surface area contributed by atoms with Gasteiger partial charge in [0.2, 0.25) is 0 Å². The van der Waals surface area contributed by atoms with E-state index in [1.165, 1.54) is 32.1 Å². The Morgan fingerprint density at radius 2 is 2.06 bits per heavy atom. The van der Waals surface area contributed by atoms with Crippen molar-refractivity contribution in [1.29, 1.82) is 0 Å². The highest BCUT2D eigenvalue weighted by Gasteiger charge is 2.32. The summed E-state index contributed by atoms with van der Waals surface area (Å²) in [7, 11) is 1.78. The predicted molar refractivity (Wildman–Crippen MR) is 77.7 cm³/mol. The van der Waals surface area contributed by atoms with Crippen molar-refractivity contribution in [2.45, 2.75) is 71.0 Å². The van der Waals surface area contributed by atoms with Crippen LogP contribution in [0.1, 0.15) is 52.9 Å². The van der Waals surface area contributed by atoms with E-state index in [1.54, 1.807) is 7.11 Å². The molecule has 0 saturated heterocycles. The van der Waals surface area contributed by atoms with Crippen molar-refractivity contribution in [3.8, 4) is 0 Å². The maximum absolute atomic E-state index is 6.37. The first kappa shape index (κ1) is 15.9. The molecule has 0 spiro atoms. The minimum absolute atomic E-state index is 0.345. The number of methoxy groups -OCH3 is 1. The number of hydrogen-bond acceptors (Lipinski definition) is 3. The molecule has 2 N–H and O–H groups in total. The van der Waals surface area contributed by atoms with Crippen LogP contribution in [0.2, 0.25) is 0 Å². The molecule has 1 aliphatic carbocycles. The highest BCUT2D eigenvalue weighted by atomic mass is 16.5. The third-order valence-corrected chi connectivity index (χ3v) is 4.32. The summed E-state index contributed by atoms with van der Waals surface area (Å²) in [6.07, 6.45) is 6.44. The monoisotopic (exact) mass is 256 g/mol. The molecule has 0 aromatic heterocycles. The van der Waals surface area contributed by atoms with E-state index in [0.29, 0.717) is 18.1 Å². The van der Waals surface area contributed by atoms with E-state index in [-0.39, 0.29) is 0 Å². The number of hydrogen-bond donors (Lipinski definition) is 1. The SMILES string of the molecule is CCCC1CCC(N)C(N(CCOC)C(C)C)C1. The van der Waals surface area contributed by atoms with Crippen LogP contribution < -0.4 is 5.73 Å². The molecule has 0 aromatic carbocycles. The minimum Gasteiger partial charge on any atom is -0.383 e. The summed E-state index contributed by atoms with van der Waals surface area (Å²) >= 11 is 0. The maximum Gasteiger partial charge on any atom is 0.0589 e. The molecular weight excluding hydrogens is 224 g/mol. The van der Waals surface area contributed by atoms with Crippen molar-refractivity contribution < 1.29 is 4.74 Å². The molecule has 1 saturated carbocycles. The lowest BCUT2D eigenvalue weighted by molar-refractivity contribution is 0.0539. The van der Waals surface area contributed by atoms with Crippen LogP contribution in [0.5, 0.6) is 0 Å². The van der Waals surface area contributed by atoms with Gasteiger partial charge in [0, 0.05) is 31.8 Å². The Kier molecular flexibility index (Phi) is 7.20. The van der Waals surface area contributed by atoms with Gasteiger partial charge in [-0.25, -0.2) is 0 Å². The largest absolute Gasteiger partial charge is 0.383 e. The molecule has 3 unspecified atom stereocenters. The highest BCUT2D eigenvalue weighted by Crippen LogP contribution is 2.30. The lowest BCUT2D eigenvalue weighted by atomic mass is 9.79. The fourth-order valence-electron chi connectivity index (χ4n) is 3.31. The third-order valence-electron chi connectivity index (χ3n) is 4.32. The van der Waals surface area contributed by atoms with Crippen LogP contribution in [0, 0.1) is 5.92 Å². The van der Waals surface area contributed by atoms with E-state index in [1.807, 2.05) is 0 Å². The molecule has 1 rings (SSSR count).